The van der Waals surface area contributed by atoms with Crippen LogP contribution in [0.25, 0.3) is 0 Å². The number of benzene rings is 2. The Morgan fingerprint density at radius 1 is 1.04 bits per heavy atom. The number of hydrogen-bond donors (Lipinski definition) is 0. The maximum atomic E-state index is 12.3. The summed E-state index contributed by atoms with van der Waals surface area (Å²) in [6, 6.07) is 19.2. The third-order valence-corrected chi connectivity index (χ3v) is 4.29. The molecule has 0 spiro atoms. The fraction of sp³-hybridized carbons (Fsp3) is 0.167. The van der Waals surface area contributed by atoms with Crippen molar-refractivity contribution in [1.82, 2.24) is 10.2 Å². The summed E-state index contributed by atoms with van der Waals surface area (Å²) in [6.07, 6.45) is 0.593. The fourth-order valence-corrected chi connectivity index (χ4v) is 2.95. The molecular weight excluding hydrogens is 308 g/mol. The first-order valence-corrected chi connectivity index (χ1v) is 8.22. The lowest BCUT2D eigenvalue weighted by Crippen LogP contribution is -2.13. The lowest BCUT2D eigenvalue weighted by atomic mass is 10.1. The van der Waals surface area contributed by atoms with Gasteiger partial charge in [0.05, 0.1) is 11.7 Å². The molecule has 0 radical (unpaired) electrons. The van der Waals surface area contributed by atoms with Crippen LogP contribution in [0.1, 0.15) is 28.7 Å². The van der Waals surface area contributed by atoms with Crippen LogP contribution in [0.5, 0.6) is 0 Å². The monoisotopic (exact) mass is 324 g/mol. The van der Waals surface area contributed by atoms with E-state index in [1.54, 1.807) is 0 Å². The van der Waals surface area contributed by atoms with Crippen LogP contribution >= 0.6 is 11.8 Å². The Labute approximate surface area is 138 Å². The Bertz CT molecular complexity index is 772. The summed E-state index contributed by atoms with van der Waals surface area (Å²) in [7, 11) is 0. The van der Waals surface area contributed by atoms with Gasteiger partial charge in [0.25, 0.3) is 5.22 Å². The second kappa shape index (κ2) is 7.24. The van der Waals surface area contributed by atoms with Gasteiger partial charge in [-0.05, 0) is 12.5 Å². The highest BCUT2D eigenvalue weighted by molar-refractivity contribution is 8.00. The average Bonchev–Trinajstić information content (AvgIpc) is 3.02. The molecule has 1 unspecified atom stereocenters. The Balaban J connectivity index is 1.63. The van der Waals surface area contributed by atoms with Crippen molar-refractivity contribution in [3.05, 3.63) is 77.7 Å². The highest BCUT2D eigenvalue weighted by Gasteiger charge is 2.19. The quantitative estimate of drug-likeness (QED) is 0.506. The number of carbonyl (C=O) groups is 1. The Kier molecular flexibility index (Phi) is 4.88. The molecule has 1 atom stereocenters. The summed E-state index contributed by atoms with van der Waals surface area (Å²) in [6.45, 7) is 1.85. The predicted octanol–water partition coefficient (Wildman–Crippen LogP) is 4.02. The second-order valence-electron chi connectivity index (χ2n) is 5.11. The summed E-state index contributed by atoms with van der Waals surface area (Å²) in [5.41, 5.74) is 1.80. The van der Waals surface area contributed by atoms with E-state index in [1.807, 2.05) is 67.6 Å². The molecule has 2 aromatic carbocycles. The molecule has 0 saturated carbocycles. The zero-order valence-electron chi connectivity index (χ0n) is 12.7. The molecular formula is C18H16N2O2S. The molecule has 3 rings (SSSR count). The van der Waals surface area contributed by atoms with E-state index in [1.165, 1.54) is 11.8 Å². The third-order valence-electron chi connectivity index (χ3n) is 3.35. The van der Waals surface area contributed by atoms with E-state index in [9.17, 15) is 4.79 Å². The number of thioether (sulfide) groups is 1. The largest absolute Gasteiger partial charge is 0.416 e. The molecule has 0 aliphatic carbocycles. The maximum Gasteiger partial charge on any atom is 0.277 e. The van der Waals surface area contributed by atoms with E-state index < -0.39 is 0 Å². The van der Waals surface area contributed by atoms with Crippen LogP contribution in [0, 0.1) is 0 Å². The Hall–Kier alpha value is -2.40. The predicted molar refractivity (Wildman–Crippen MR) is 89.6 cm³/mol. The normalized spacial score (nSPS) is 12.0. The van der Waals surface area contributed by atoms with Crippen molar-refractivity contribution in [2.45, 2.75) is 23.8 Å². The van der Waals surface area contributed by atoms with Gasteiger partial charge in [-0.3, -0.25) is 4.79 Å². The van der Waals surface area contributed by atoms with Gasteiger partial charge in [0, 0.05) is 5.56 Å². The number of carbonyl (C=O) groups excluding carboxylic acids is 1. The molecule has 0 saturated heterocycles. The molecule has 5 heteroatoms. The van der Waals surface area contributed by atoms with Gasteiger partial charge in [-0.1, -0.05) is 72.4 Å². The SMILES string of the molecule is CC(Sc1nnc(Cc2ccccc2)o1)C(=O)c1ccccc1. The smallest absolute Gasteiger partial charge is 0.277 e. The zero-order valence-corrected chi connectivity index (χ0v) is 13.5. The lowest BCUT2D eigenvalue weighted by molar-refractivity contribution is 0.0993. The van der Waals surface area contributed by atoms with Gasteiger partial charge in [-0.25, -0.2) is 0 Å². The highest BCUT2D eigenvalue weighted by atomic mass is 32.2. The topological polar surface area (TPSA) is 56.0 Å². The van der Waals surface area contributed by atoms with Crippen LogP contribution in [0.3, 0.4) is 0 Å². The lowest BCUT2D eigenvalue weighted by Gasteiger charge is -2.06. The van der Waals surface area contributed by atoms with Crippen LogP contribution < -0.4 is 0 Å². The Morgan fingerprint density at radius 2 is 1.70 bits per heavy atom. The zero-order chi connectivity index (χ0) is 16.1. The molecule has 0 fully saturated rings. The van der Waals surface area contributed by atoms with Crippen LogP contribution in [0.15, 0.2) is 70.3 Å². The van der Waals surface area contributed by atoms with Crippen LogP contribution in [-0.2, 0) is 6.42 Å². The molecule has 0 aliphatic heterocycles. The molecule has 4 nitrogen and oxygen atoms in total. The number of nitrogens with zero attached hydrogens (tertiary/aromatic N) is 2. The van der Waals surface area contributed by atoms with E-state index in [-0.39, 0.29) is 11.0 Å². The first-order chi connectivity index (χ1) is 11.2. The van der Waals surface area contributed by atoms with Gasteiger partial charge in [-0.2, -0.15) is 0 Å². The van der Waals surface area contributed by atoms with Crippen molar-refractivity contribution in [2.24, 2.45) is 0 Å². The average molecular weight is 324 g/mol. The number of Topliss-reactive ketones (excluding diaryl/α,β-unsaturated/α-hetero) is 1. The first kappa shape index (κ1) is 15.5. The summed E-state index contributed by atoms with van der Waals surface area (Å²) in [5.74, 6) is 0.608. The van der Waals surface area contributed by atoms with Crippen molar-refractivity contribution < 1.29 is 9.21 Å². The Morgan fingerprint density at radius 3 is 2.39 bits per heavy atom. The number of hydrogen-bond acceptors (Lipinski definition) is 5. The van der Waals surface area contributed by atoms with E-state index in [0.29, 0.717) is 23.1 Å². The molecule has 23 heavy (non-hydrogen) atoms. The van der Waals surface area contributed by atoms with Crippen LogP contribution in [0.4, 0.5) is 0 Å². The summed E-state index contributed by atoms with van der Waals surface area (Å²) >= 11 is 1.29. The first-order valence-electron chi connectivity index (χ1n) is 7.34. The number of rotatable bonds is 6. The van der Waals surface area contributed by atoms with Crippen molar-refractivity contribution >= 4 is 17.5 Å². The van der Waals surface area contributed by atoms with Gasteiger partial charge in [-0.15, -0.1) is 10.2 Å². The molecule has 1 heterocycles. The summed E-state index contributed by atoms with van der Waals surface area (Å²) in [5, 5.41) is 8.22. The minimum atomic E-state index is -0.276. The molecule has 0 N–H and O–H groups in total. The number of aromatic nitrogens is 2. The molecule has 1 aromatic heterocycles. The summed E-state index contributed by atoms with van der Waals surface area (Å²) < 4.78 is 5.63. The van der Waals surface area contributed by atoms with E-state index >= 15 is 0 Å². The molecule has 0 amide bonds. The van der Waals surface area contributed by atoms with Gasteiger partial charge in [0.1, 0.15) is 0 Å². The molecule has 0 bridgehead atoms. The molecule has 3 aromatic rings. The van der Waals surface area contributed by atoms with Gasteiger partial charge in [0.15, 0.2) is 5.78 Å². The van der Waals surface area contributed by atoms with Gasteiger partial charge < -0.3 is 4.42 Å². The van der Waals surface area contributed by atoms with E-state index in [0.717, 1.165) is 5.56 Å². The van der Waals surface area contributed by atoms with Crippen LogP contribution in [-0.4, -0.2) is 21.2 Å². The van der Waals surface area contributed by atoms with E-state index in [4.69, 9.17) is 4.42 Å². The highest BCUT2D eigenvalue weighted by Crippen LogP contribution is 2.25. The van der Waals surface area contributed by atoms with Crippen molar-refractivity contribution in [3.8, 4) is 0 Å². The molecule has 0 aliphatic rings. The minimum Gasteiger partial charge on any atom is -0.416 e. The third kappa shape index (κ3) is 4.07. The maximum absolute atomic E-state index is 12.3. The minimum absolute atomic E-state index is 0.0541. The van der Waals surface area contributed by atoms with Crippen molar-refractivity contribution in [1.29, 1.82) is 0 Å². The van der Waals surface area contributed by atoms with Crippen molar-refractivity contribution in [3.63, 3.8) is 0 Å². The van der Waals surface area contributed by atoms with Gasteiger partial charge in [0.2, 0.25) is 5.89 Å². The van der Waals surface area contributed by atoms with Gasteiger partial charge >= 0.3 is 0 Å². The second-order valence-corrected chi connectivity index (χ2v) is 6.41. The molecule has 116 valence electrons. The standard InChI is InChI=1S/C18H16N2O2S/c1-13(17(21)15-10-6-3-7-11-15)23-18-20-19-16(22-18)12-14-8-4-2-5-9-14/h2-11,13H,12H2,1H3. The van der Waals surface area contributed by atoms with E-state index in [2.05, 4.69) is 10.2 Å². The summed E-state index contributed by atoms with van der Waals surface area (Å²) in [4.78, 5) is 12.3. The van der Waals surface area contributed by atoms with Crippen molar-refractivity contribution in [2.75, 3.05) is 0 Å². The van der Waals surface area contributed by atoms with Crippen LogP contribution in [0.2, 0.25) is 0 Å². The fourth-order valence-electron chi connectivity index (χ4n) is 2.17. The number of ketones is 1.